The van der Waals surface area contributed by atoms with E-state index in [-0.39, 0.29) is 32.2 Å². The van der Waals surface area contributed by atoms with Gasteiger partial charge < -0.3 is 21.3 Å². The number of nitrogens with one attached hydrogen (secondary N) is 8. The maximum Gasteiger partial charge on any atom is 0.247 e. The number of amides is 2. The fourth-order valence-electron chi connectivity index (χ4n) is 5.40. The zero-order valence-electron chi connectivity index (χ0n) is 26.3. The molecule has 2 aliphatic rings. The molecule has 0 aliphatic carbocycles. The molecule has 0 aromatic heterocycles. The fourth-order valence-corrected chi connectivity index (χ4v) is 7.76. The highest BCUT2D eigenvalue weighted by atomic mass is 32.2. The average Bonchev–Trinajstić information content (AvgIpc) is 3.06. The van der Waals surface area contributed by atoms with Crippen molar-refractivity contribution < 1.29 is 9.59 Å². The first-order chi connectivity index (χ1) is 22.8. The van der Waals surface area contributed by atoms with Crippen LogP contribution in [0.2, 0.25) is 0 Å². The van der Waals surface area contributed by atoms with E-state index in [4.69, 9.17) is 21.6 Å². The number of carbonyl (C=O) groups is 2. The van der Waals surface area contributed by atoms with E-state index < -0.39 is 12.1 Å². The van der Waals surface area contributed by atoms with Gasteiger partial charge in [0.05, 0.1) is 10.1 Å². The minimum absolute atomic E-state index is 0.0636. The van der Waals surface area contributed by atoms with Gasteiger partial charge in [0, 0.05) is 65.2 Å². The van der Waals surface area contributed by atoms with Crippen molar-refractivity contribution in [2.75, 3.05) is 63.9 Å². The summed E-state index contributed by atoms with van der Waals surface area (Å²) >= 11 is 3.48. The van der Waals surface area contributed by atoms with Crippen molar-refractivity contribution in [3.8, 4) is 0 Å². The molecule has 2 heterocycles. The molecule has 2 amide bonds. The van der Waals surface area contributed by atoms with Gasteiger partial charge in [-0.25, -0.2) is 0 Å². The van der Waals surface area contributed by atoms with Gasteiger partial charge in [-0.1, -0.05) is 60.7 Å². The maximum absolute atomic E-state index is 13.2. The van der Waals surface area contributed by atoms with Gasteiger partial charge in [-0.15, -0.1) is 0 Å². The second-order valence-electron chi connectivity index (χ2n) is 11.0. The molecule has 4 rings (SSSR count). The fraction of sp³-hybridized carbons (Fsp3) is 0.438. The molecule has 252 valence electrons. The van der Waals surface area contributed by atoms with Gasteiger partial charge in [-0.3, -0.25) is 41.0 Å². The van der Waals surface area contributed by atoms with Crippen LogP contribution in [0.5, 0.6) is 0 Å². The van der Waals surface area contributed by atoms with Crippen LogP contribution in [0.4, 0.5) is 0 Å². The van der Waals surface area contributed by atoms with E-state index in [1.165, 1.54) is 0 Å². The smallest absolute Gasteiger partial charge is 0.247 e. The molecule has 2 atom stereocenters. The summed E-state index contributed by atoms with van der Waals surface area (Å²) in [5.74, 6) is 0.733. The molecule has 2 aromatic carbocycles. The number of carbonyl (C=O) groups excluding carboxylic acids is 2. The number of benzene rings is 2. The lowest BCUT2D eigenvalue weighted by molar-refractivity contribution is -0.126. The molecule has 0 spiro atoms. The largest absolute Gasteiger partial charge is 0.314 e. The Morgan fingerprint density at radius 3 is 1.36 bits per heavy atom. The highest BCUT2D eigenvalue weighted by molar-refractivity contribution is 8.26. The molecule has 8 N–H and O–H groups in total. The first-order valence-electron chi connectivity index (χ1n) is 15.7. The summed E-state index contributed by atoms with van der Waals surface area (Å²) in [5.41, 5.74) is 1.76. The van der Waals surface area contributed by atoms with Gasteiger partial charge in [0.2, 0.25) is 11.8 Å². The van der Waals surface area contributed by atoms with Crippen LogP contribution in [0, 0.1) is 21.6 Å². The normalized spacial score (nSPS) is 16.9. The van der Waals surface area contributed by atoms with Crippen LogP contribution in [0.3, 0.4) is 0 Å². The van der Waals surface area contributed by atoms with Gasteiger partial charge in [0.1, 0.15) is 12.1 Å². The SMILES string of the molecule is N=C(CCSCCC(=N)SC(=N)NC(=O)C(c1ccccc1)N1CCNCC1)SC(=N)NC(=O)C(c1ccccc1)N1CCNCC1. The number of hydrogen-bond donors (Lipinski definition) is 8. The molecule has 0 saturated carbocycles. The minimum Gasteiger partial charge on any atom is -0.314 e. The van der Waals surface area contributed by atoms with Crippen LogP contribution < -0.4 is 21.3 Å². The van der Waals surface area contributed by atoms with Crippen LogP contribution in [0.25, 0.3) is 0 Å². The molecule has 0 bridgehead atoms. The van der Waals surface area contributed by atoms with Crippen LogP contribution in [-0.4, -0.2) is 106 Å². The lowest BCUT2D eigenvalue weighted by Crippen LogP contribution is -2.50. The summed E-state index contributed by atoms with van der Waals surface area (Å²) in [6, 6.07) is 18.2. The van der Waals surface area contributed by atoms with Crippen molar-refractivity contribution in [2.24, 2.45) is 0 Å². The Kier molecular flexibility index (Phi) is 15.4. The molecule has 2 unspecified atom stereocenters. The van der Waals surface area contributed by atoms with E-state index in [1.807, 2.05) is 60.7 Å². The van der Waals surface area contributed by atoms with E-state index in [0.717, 1.165) is 87.0 Å². The van der Waals surface area contributed by atoms with Crippen LogP contribution in [0.1, 0.15) is 36.1 Å². The molecule has 2 fully saturated rings. The standard InChI is InChI=1S/C32H44N10O2S3/c33-25(46-31(35)39-29(43)27(23-7-3-1-4-8-23)41-17-13-37-14-18-41)11-21-45-22-12-26(34)47-32(36)40-30(44)28(24-9-5-2-6-10-24)42-19-15-38-16-20-42/h1-10,27-28,33-34,37-38H,11-22H2,(H2,35,39,43)(H2,36,40,44). The van der Waals surface area contributed by atoms with Crippen molar-refractivity contribution >= 4 is 67.5 Å². The van der Waals surface area contributed by atoms with Crippen molar-refractivity contribution in [1.82, 2.24) is 31.1 Å². The molecule has 15 heteroatoms. The van der Waals surface area contributed by atoms with E-state index in [2.05, 4.69) is 31.1 Å². The molecule has 2 saturated heterocycles. The summed E-state index contributed by atoms with van der Waals surface area (Å²) in [6.45, 7) is 6.14. The zero-order valence-corrected chi connectivity index (χ0v) is 28.8. The van der Waals surface area contributed by atoms with E-state index in [1.54, 1.807) is 11.8 Å². The third kappa shape index (κ3) is 12.2. The molecule has 47 heavy (non-hydrogen) atoms. The Balaban J connectivity index is 1.13. The van der Waals surface area contributed by atoms with Crippen LogP contribution >= 0.6 is 35.3 Å². The number of rotatable bonds is 12. The predicted molar refractivity (Wildman–Crippen MR) is 196 cm³/mol. The van der Waals surface area contributed by atoms with Crippen molar-refractivity contribution in [2.45, 2.75) is 24.9 Å². The summed E-state index contributed by atoms with van der Waals surface area (Å²) in [6.07, 6.45) is 0.874. The Labute approximate surface area is 289 Å². The highest BCUT2D eigenvalue weighted by Gasteiger charge is 2.30. The highest BCUT2D eigenvalue weighted by Crippen LogP contribution is 2.24. The maximum atomic E-state index is 13.2. The van der Waals surface area contributed by atoms with Gasteiger partial charge in [0.15, 0.2) is 10.3 Å². The topological polar surface area (TPSA) is 184 Å². The van der Waals surface area contributed by atoms with Gasteiger partial charge in [-0.05, 0) is 46.2 Å². The third-order valence-corrected chi connectivity index (χ3v) is 10.1. The Bertz CT molecular complexity index is 1270. The molecule has 12 nitrogen and oxygen atoms in total. The first-order valence-corrected chi connectivity index (χ1v) is 18.5. The Hall–Kier alpha value is -3.05. The van der Waals surface area contributed by atoms with Crippen LogP contribution in [-0.2, 0) is 9.59 Å². The second kappa shape index (κ2) is 19.7. The molecular weight excluding hydrogens is 653 g/mol. The van der Waals surface area contributed by atoms with Crippen molar-refractivity contribution in [3.63, 3.8) is 0 Å². The number of hydrogen-bond acceptors (Lipinski definition) is 13. The summed E-state index contributed by atoms with van der Waals surface area (Å²) in [4.78, 5) is 30.7. The average molecular weight is 697 g/mol. The lowest BCUT2D eigenvalue weighted by Gasteiger charge is -2.34. The predicted octanol–water partition coefficient (Wildman–Crippen LogP) is 3.32. The zero-order chi connectivity index (χ0) is 33.4. The monoisotopic (exact) mass is 696 g/mol. The van der Waals surface area contributed by atoms with E-state index >= 15 is 0 Å². The van der Waals surface area contributed by atoms with E-state index in [0.29, 0.717) is 24.3 Å². The Morgan fingerprint density at radius 2 is 1.00 bits per heavy atom. The summed E-state index contributed by atoms with van der Waals surface area (Å²) in [7, 11) is 0. The summed E-state index contributed by atoms with van der Waals surface area (Å²) < 4.78 is 0. The number of thioether (sulfide) groups is 3. The van der Waals surface area contributed by atoms with Crippen molar-refractivity contribution in [1.29, 1.82) is 21.6 Å². The van der Waals surface area contributed by atoms with Crippen molar-refractivity contribution in [3.05, 3.63) is 71.8 Å². The van der Waals surface area contributed by atoms with E-state index in [9.17, 15) is 9.59 Å². The Morgan fingerprint density at radius 1 is 0.638 bits per heavy atom. The quantitative estimate of drug-likeness (QED) is 0.0937. The second-order valence-corrected chi connectivity index (χ2v) is 14.4. The van der Waals surface area contributed by atoms with Gasteiger partial charge >= 0.3 is 0 Å². The molecule has 2 aliphatic heterocycles. The van der Waals surface area contributed by atoms with Gasteiger partial charge in [0.25, 0.3) is 0 Å². The number of nitrogens with zero attached hydrogens (tertiary/aromatic N) is 2. The van der Waals surface area contributed by atoms with Crippen LogP contribution in [0.15, 0.2) is 60.7 Å². The third-order valence-electron chi connectivity index (χ3n) is 7.63. The van der Waals surface area contributed by atoms with Gasteiger partial charge in [-0.2, -0.15) is 11.8 Å². The molecule has 0 radical (unpaired) electrons. The number of piperazine rings is 2. The summed E-state index contributed by atoms with van der Waals surface area (Å²) in [5, 5.41) is 45.7. The molecule has 2 aromatic rings. The minimum atomic E-state index is -0.496. The first kappa shape index (κ1) is 36.8. The molecular formula is C32H44N10O2S3. The lowest BCUT2D eigenvalue weighted by atomic mass is 10.0. The number of amidine groups is 2.